The zero-order valence-corrected chi connectivity index (χ0v) is 13.0. The molecule has 3 aliphatic heterocycles. The molecule has 3 saturated heterocycles. The maximum atomic E-state index is 12.2. The SMILES string of the molecule is O=C(NOC1CCNC1)C1CCC2CN1C(=O)N2OS(=O)(=O)O. The van der Waals surface area contributed by atoms with Crippen LogP contribution in [0, 0.1) is 0 Å². The summed E-state index contributed by atoms with van der Waals surface area (Å²) in [6.07, 6.45) is 1.40. The first kappa shape index (κ1) is 16.4. The number of urea groups is 1. The Hall–Kier alpha value is -1.47. The van der Waals surface area contributed by atoms with Gasteiger partial charge in [0.2, 0.25) is 0 Å². The van der Waals surface area contributed by atoms with Gasteiger partial charge in [-0.05, 0) is 25.8 Å². The molecule has 12 heteroatoms. The summed E-state index contributed by atoms with van der Waals surface area (Å²) in [5.41, 5.74) is 2.36. The number of carbonyl (C=O) groups is 2. The predicted molar refractivity (Wildman–Crippen MR) is 73.9 cm³/mol. The van der Waals surface area contributed by atoms with Gasteiger partial charge in [0.25, 0.3) is 5.91 Å². The second-order valence-electron chi connectivity index (χ2n) is 5.71. The molecule has 0 radical (unpaired) electrons. The van der Waals surface area contributed by atoms with Gasteiger partial charge in [0, 0.05) is 13.1 Å². The normalized spacial score (nSPS) is 30.8. The van der Waals surface area contributed by atoms with Crippen LogP contribution in [0.2, 0.25) is 0 Å². The third-order valence-electron chi connectivity index (χ3n) is 4.14. The van der Waals surface area contributed by atoms with Gasteiger partial charge >= 0.3 is 16.4 Å². The Morgan fingerprint density at radius 3 is 2.78 bits per heavy atom. The third-order valence-corrected chi connectivity index (χ3v) is 4.49. The van der Waals surface area contributed by atoms with Crippen molar-refractivity contribution in [3.63, 3.8) is 0 Å². The molecular formula is C11H18N4O7S. The molecule has 0 aromatic rings. The van der Waals surface area contributed by atoms with Crippen molar-refractivity contribution in [1.29, 1.82) is 0 Å². The van der Waals surface area contributed by atoms with Gasteiger partial charge in [-0.3, -0.25) is 14.2 Å². The standard InChI is InChI=1S/C11H18N4O7S/c16-10(13-21-8-3-4-12-5-8)9-2-1-7-6-14(9)11(17)15(7)22-23(18,19)20/h7-9,12H,1-6H2,(H,13,16)(H,18,19,20). The summed E-state index contributed by atoms with van der Waals surface area (Å²) in [6, 6.07) is -2.05. The average molecular weight is 350 g/mol. The Labute approximate surface area is 132 Å². The molecule has 0 aliphatic carbocycles. The molecule has 3 unspecified atom stereocenters. The van der Waals surface area contributed by atoms with Crippen LogP contribution in [0.5, 0.6) is 0 Å². The van der Waals surface area contributed by atoms with Crippen LogP contribution in [0.25, 0.3) is 0 Å². The number of hydrogen-bond donors (Lipinski definition) is 3. The summed E-state index contributed by atoms with van der Waals surface area (Å²) in [4.78, 5) is 30.9. The van der Waals surface area contributed by atoms with Crippen molar-refractivity contribution in [3.8, 4) is 0 Å². The Balaban J connectivity index is 1.60. The van der Waals surface area contributed by atoms with Crippen molar-refractivity contribution in [1.82, 2.24) is 20.8 Å². The molecule has 0 spiro atoms. The van der Waals surface area contributed by atoms with E-state index in [1.165, 1.54) is 4.90 Å². The van der Waals surface area contributed by atoms with Gasteiger partial charge in [-0.15, -0.1) is 4.28 Å². The lowest BCUT2D eigenvalue weighted by molar-refractivity contribution is -0.142. The van der Waals surface area contributed by atoms with E-state index in [4.69, 9.17) is 9.39 Å². The number of hydrogen-bond acceptors (Lipinski definition) is 7. The highest BCUT2D eigenvalue weighted by Gasteiger charge is 2.49. The highest BCUT2D eigenvalue weighted by Crippen LogP contribution is 2.30. The van der Waals surface area contributed by atoms with E-state index in [1.54, 1.807) is 0 Å². The first-order valence-corrected chi connectivity index (χ1v) is 8.65. The first-order chi connectivity index (χ1) is 10.8. The van der Waals surface area contributed by atoms with E-state index >= 15 is 0 Å². The van der Waals surface area contributed by atoms with Gasteiger partial charge in [-0.2, -0.15) is 13.5 Å². The maximum Gasteiger partial charge on any atom is 0.418 e. The van der Waals surface area contributed by atoms with E-state index in [1.807, 2.05) is 0 Å². The summed E-state index contributed by atoms with van der Waals surface area (Å²) in [7, 11) is -4.79. The average Bonchev–Trinajstić information content (AvgIpc) is 3.08. The summed E-state index contributed by atoms with van der Waals surface area (Å²) >= 11 is 0. The van der Waals surface area contributed by atoms with Crippen LogP contribution >= 0.6 is 0 Å². The molecule has 3 fully saturated rings. The van der Waals surface area contributed by atoms with Crippen LogP contribution in [0.3, 0.4) is 0 Å². The van der Waals surface area contributed by atoms with Crippen molar-refractivity contribution in [2.45, 2.75) is 37.5 Å². The summed E-state index contributed by atoms with van der Waals surface area (Å²) < 4.78 is 34.6. The largest absolute Gasteiger partial charge is 0.418 e. The molecule has 0 aromatic heterocycles. The third kappa shape index (κ3) is 3.55. The number of fused-ring (bicyclic) bond motifs is 2. The molecule has 3 atom stereocenters. The number of piperidine rings is 1. The number of nitrogens with one attached hydrogen (secondary N) is 2. The molecule has 130 valence electrons. The van der Waals surface area contributed by atoms with Crippen molar-refractivity contribution in [2.24, 2.45) is 0 Å². The van der Waals surface area contributed by atoms with Crippen LogP contribution < -0.4 is 10.8 Å². The molecule has 23 heavy (non-hydrogen) atoms. The van der Waals surface area contributed by atoms with E-state index in [9.17, 15) is 18.0 Å². The minimum Gasteiger partial charge on any atom is -0.314 e. The highest BCUT2D eigenvalue weighted by atomic mass is 32.3. The molecule has 3 amide bonds. The molecule has 3 aliphatic rings. The van der Waals surface area contributed by atoms with Gasteiger partial charge in [0.15, 0.2) is 0 Å². The predicted octanol–water partition coefficient (Wildman–Crippen LogP) is -1.60. The summed E-state index contributed by atoms with van der Waals surface area (Å²) in [5, 5.41) is 3.69. The number of rotatable bonds is 5. The fraction of sp³-hybridized carbons (Fsp3) is 0.818. The second kappa shape index (κ2) is 6.20. The monoisotopic (exact) mass is 350 g/mol. The van der Waals surface area contributed by atoms with Crippen molar-refractivity contribution in [2.75, 3.05) is 19.6 Å². The number of hydroxylamine groups is 3. The first-order valence-electron chi connectivity index (χ1n) is 7.28. The van der Waals surface area contributed by atoms with Gasteiger partial charge < -0.3 is 10.2 Å². The Kier molecular flexibility index (Phi) is 4.42. The van der Waals surface area contributed by atoms with Gasteiger partial charge in [0.05, 0.1) is 12.1 Å². The second-order valence-corrected chi connectivity index (χ2v) is 6.71. The lowest BCUT2D eigenvalue weighted by Crippen LogP contribution is -2.50. The molecule has 3 rings (SSSR count). The van der Waals surface area contributed by atoms with E-state index in [0.717, 1.165) is 13.0 Å². The molecule has 3 heterocycles. The van der Waals surface area contributed by atoms with E-state index in [-0.39, 0.29) is 12.6 Å². The number of carbonyl (C=O) groups excluding carboxylic acids is 2. The van der Waals surface area contributed by atoms with Crippen molar-refractivity contribution >= 4 is 22.3 Å². The summed E-state index contributed by atoms with van der Waals surface area (Å²) in [6.45, 7) is 1.61. The zero-order valence-electron chi connectivity index (χ0n) is 12.2. The molecule has 0 aromatic carbocycles. The van der Waals surface area contributed by atoms with Crippen LogP contribution in [0.4, 0.5) is 4.79 Å². The minimum absolute atomic E-state index is 0.107. The lowest BCUT2D eigenvalue weighted by Gasteiger charge is -2.29. The number of nitrogens with zero attached hydrogens (tertiary/aromatic N) is 2. The fourth-order valence-corrected chi connectivity index (χ4v) is 3.43. The van der Waals surface area contributed by atoms with Crippen molar-refractivity contribution in [3.05, 3.63) is 0 Å². The Bertz CT molecular complexity index is 591. The highest BCUT2D eigenvalue weighted by molar-refractivity contribution is 7.80. The molecule has 2 bridgehead atoms. The summed E-state index contributed by atoms with van der Waals surface area (Å²) in [5.74, 6) is -0.461. The van der Waals surface area contributed by atoms with Gasteiger partial charge in [0.1, 0.15) is 6.04 Å². The van der Waals surface area contributed by atoms with E-state index in [0.29, 0.717) is 24.4 Å². The van der Waals surface area contributed by atoms with E-state index in [2.05, 4.69) is 15.1 Å². The minimum atomic E-state index is -4.79. The Morgan fingerprint density at radius 2 is 2.13 bits per heavy atom. The fourth-order valence-electron chi connectivity index (χ4n) is 3.04. The van der Waals surface area contributed by atoms with Crippen LogP contribution in [0.1, 0.15) is 19.3 Å². The van der Waals surface area contributed by atoms with Crippen molar-refractivity contribution < 1.29 is 31.7 Å². The smallest absolute Gasteiger partial charge is 0.314 e. The lowest BCUT2D eigenvalue weighted by atomic mass is 10.0. The van der Waals surface area contributed by atoms with Crippen LogP contribution in [-0.4, -0.2) is 72.7 Å². The van der Waals surface area contributed by atoms with Gasteiger partial charge in [-0.1, -0.05) is 0 Å². The quantitative estimate of drug-likeness (QED) is 0.398. The van der Waals surface area contributed by atoms with Crippen LogP contribution in [0.15, 0.2) is 0 Å². The molecular weight excluding hydrogens is 332 g/mol. The zero-order chi connectivity index (χ0) is 16.6. The molecule has 0 saturated carbocycles. The Morgan fingerprint density at radius 1 is 1.35 bits per heavy atom. The van der Waals surface area contributed by atoms with Crippen LogP contribution in [-0.2, 0) is 24.3 Å². The van der Waals surface area contributed by atoms with Gasteiger partial charge in [-0.25, -0.2) is 10.3 Å². The number of amides is 3. The molecule has 3 N–H and O–H groups in total. The molecule has 11 nitrogen and oxygen atoms in total. The van der Waals surface area contributed by atoms with E-state index < -0.39 is 34.4 Å². The topological polar surface area (TPSA) is 138 Å². The maximum absolute atomic E-state index is 12.2.